The number of nitriles is 1. The molecule has 1 rings (SSSR count). The Morgan fingerprint density at radius 1 is 1.83 bits per heavy atom. The van der Waals surface area contributed by atoms with Crippen molar-refractivity contribution in [3.05, 3.63) is 5.51 Å². The van der Waals surface area contributed by atoms with Crippen LogP contribution >= 0.6 is 11.3 Å². The maximum absolute atomic E-state index is 8.47. The number of nitrogens with zero attached hydrogens (tertiary/aromatic N) is 4. The van der Waals surface area contributed by atoms with E-state index >= 15 is 0 Å². The van der Waals surface area contributed by atoms with Gasteiger partial charge in [-0.05, 0) is 6.92 Å². The summed E-state index contributed by atoms with van der Waals surface area (Å²) in [5, 5.41) is 17.0. The molecule has 0 N–H and O–H groups in total. The van der Waals surface area contributed by atoms with E-state index in [2.05, 4.69) is 16.3 Å². The maximum atomic E-state index is 8.47. The van der Waals surface area contributed by atoms with Gasteiger partial charge in [0.25, 0.3) is 0 Å². The van der Waals surface area contributed by atoms with Gasteiger partial charge in [0.2, 0.25) is 5.13 Å². The van der Waals surface area contributed by atoms with Gasteiger partial charge >= 0.3 is 0 Å². The Morgan fingerprint density at radius 2 is 2.58 bits per heavy atom. The topological polar surface area (TPSA) is 52.8 Å². The fourth-order valence-corrected chi connectivity index (χ4v) is 1.41. The van der Waals surface area contributed by atoms with Crippen LogP contribution in [-0.2, 0) is 0 Å². The van der Waals surface area contributed by atoms with Crippen molar-refractivity contribution in [1.82, 2.24) is 10.2 Å². The Bertz CT molecular complexity index is 263. The molecule has 0 fully saturated rings. The lowest BCUT2D eigenvalue weighted by atomic mass is 10.2. The Morgan fingerprint density at radius 3 is 3.08 bits per heavy atom. The highest BCUT2D eigenvalue weighted by molar-refractivity contribution is 7.13. The summed E-state index contributed by atoms with van der Waals surface area (Å²) in [5.41, 5.74) is 1.69. The minimum Gasteiger partial charge on any atom is -0.346 e. The van der Waals surface area contributed by atoms with Gasteiger partial charge in [-0.15, -0.1) is 10.2 Å². The number of aromatic nitrogens is 2. The summed E-state index contributed by atoms with van der Waals surface area (Å²) < 4.78 is 0. The van der Waals surface area contributed by atoms with Gasteiger partial charge in [0, 0.05) is 13.1 Å². The summed E-state index contributed by atoms with van der Waals surface area (Å²) in [4.78, 5) is 1.96. The molecule has 1 atom stereocenters. The van der Waals surface area contributed by atoms with Crippen LogP contribution in [0.4, 0.5) is 5.13 Å². The van der Waals surface area contributed by atoms with Gasteiger partial charge < -0.3 is 4.90 Å². The summed E-state index contributed by atoms with van der Waals surface area (Å²) in [6.07, 6.45) is 0.510. The monoisotopic (exact) mass is 182 g/mol. The standard InChI is InChI=1S/C7H10N4S/c1-6(3-4-8)11(2)7-10-9-5-12-7/h5-6H,3H2,1-2H3. The highest BCUT2D eigenvalue weighted by Gasteiger charge is 2.11. The summed E-state index contributed by atoms with van der Waals surface area (Å²) in [7, 11) is 1.92. The highest BCUT2D eigenvalue weighted by Crippen LogP contribution is 2.17. The van der Waals surface area contributed by atoms with Crippen LogP contribution in [0.3, 0.4) is 0 Å². The molecule has 5 heteroatoms. The zero-order valence-electron chi connectivity index (χ0n) is 7.06. The third-order valence-corrected chi connectivity index (χ3v) is 2.48. The molecular weight excluding hydrogens is 172 g/mol. The molecule has 12 heavy (non-hydrogen) atoms. The molecule has 0 radical (unpaired) electrons. The molecule has 0 saturated heterocycles. The van der Waals surface area contributed by atoms with E-state index in [0.29, 0.717) is 6.42 Å². The first-order chi connectivity index (χ1) is 5.75. The van der Waals surface area contributed by atoms with Crippen LogP contribution in [0.2, 0.25) is 0 Å². The zero-order chi connectivity index (χ0) is 8.97. The molecule has 1 heterocycles. The molecule has 1 aromatic heterocycles. The van der Waals surface area contributed by atoms with Gasteiger partial charge in [-0.3, -0.25) is 0 Å². The smallest absolute Gasteiger partial charge is 0.208 e. The SMILES string of the molecule is CC(CC#N)N(C)c1nncs1. The van der Waals surface area contributed by atoms with Gasteiger partial charge in [-0.2, -0.15) is 5.26 Å². The molecule has 0 aliphatic carbocycles. The zero-order valence-corrected chi connectivity index (χ0v) is 7.88. The molecule has 1 unspecified atom stereocenters. The predicted molar refractivity (Wildman–Crippen MR) is 48.0 cm³/mol. The average molecular weight is 182 g/mol. The lowest BCUT2D eigenvalue weighted by molar-refractivity contribution is 0.696. The third kappa shape index (κ3) is 1.92. The van der Waals surface area contributed by atoms with Crippen molar-refractivity contribution in [2.45, 2.75) is 19.4 Å². The molecule has 4 nitrogen and oxygen atoms in total. The summed E-state index contributed by atoms with van der Waals surface area (Å²) >= 11 is 1.48. The Hall–Kier alpha value is -1.15. The van der Waals surface area contributed by atoms with E-state index in [4.69, 9.17) is 5.26 Å². The third-order valence-electron chi connectivity index (χ3n) is 1.70. The van der Waals surface area contributed by atoms with Crippen molar-refractivity contribution >= 4 is 16.5 Å². The lowest BCUT2D eigenvalue weighted by Gasteiger charge is -2.20. The van der Waals surface area contributed by atoms with Crippen LogP contribution < -0.4 is 4.90 Å². The first kappa shape index (κ1) is 8.94. The average Bonchev–Trinajstić information content (AvgIpc) is 2.55. The van der Waals surface area contributed by atoms with E-state index in [1.54, 1.807) is 5.51 Å². The van der Waals surface area contributed by atoms with E-state index in [0.717, 1.165) is 5.13 Å². The van der Waals surface area contributed by atoms with Crippen molar-refractivity contribution < 1.29 is 0 Å². The van der Waals surface area contributed by atoms with Crippen molar-refractivity contribution in [2.75, 3.05) is 11.9 Å². The number of anilines is 1. The number of rotatable bonds is 3. The minimum absolute atomic E-state index is 0.197. The fourth-order valence-electron chi connectivity index (χ4n) is 0.778. The van der Waals surface area contributed by atoms with Crippen molar-refractivity contribution in [1.29, 1.82) is 5.26 Å². The first-order valence-corrected chi connectivity index (χ1v) is 4.49. The molecule has 1 aromatic rings. The number of hydrogen-bond acceptors (Lipinski definition) is 5. The number of hydrogen-bond donors (Lipinski definition) is 0. The summed E-state index contributed by atoms with van der Waals surface area (Å²) in [5.74, 6) is 0. The Labute approximate surface area is 75.5 Å². The van der Waals surface area contributed by atoms with Crippen LogP contribution in [-0.4, -0.2) is 23.3 Å². The Balaban J connectivity index is 2.60. The van der Waals surface area contributed by atoms with Gasteiger partial charge in [0.15, 0.2) is 0 Å². The predicted octanol–water partition coefficient (Wildman–Crippen LogP) is 1.28. The second kappa shape index (κ2) is 4.02. The fraction of sp³-hybridized carbons (Fsp3) is 0.571. The van der Waals surface area contributed by atoms with Crippen molar-refractivity contribution in [3.8, 4) is 6.07 Å². The molecule has 0 aliphatic heterocycles. The highest BCUT2D eigenvalue weighted by atomic mass is 32.1. The molecule has 0 aromatic carbocycles. The van der Waals surface area contributed by atoms with Crippen molar-refractivity contribution in [3.63, 3.8) is 0 Å². The van der Waals surface area contributed by atoms with E-state index in [1.807, 2.05) is 18.9 Å². The largest absolute Gasteiger partial charge is 0.346 e. The second-order valence-corrected chi connectivity index (χ2v) is 3.36. The minimum atomic E-state index is 0.197. The van der Waals surface area contributed by atoms with E-state index < -0.39 is 0 Å². The van der Waals surface area contributed by atoms with Crippen LogP contribution in [0.15, 0.2) is 5.51 Å². The Kier molecular flexibility index (Phi) is 3.00. The molecule has 0 saturated carbocycles. The van der Waals surface area contributed by atoms with E-state index in [9.17, 15) is 0 Å². The second-order valence-electron chi connectivity index (χ2n) is 2.54. The molecule has 0 aliphatic rings. The maximum Gasteiger partial charge on any atom is 0.208 e. The first-order valence-electron chi connectivity index (χ1n) is 3.61. The van der Waals surface area contributed by atoms with Gasteiger partial charge in [-0.25, -0.2) is 0 Å². The lowest BCUT2D eigenvalue weighted by Crippen LogP contribution is -2.28. The van der Waals surface area contributed by atoms with Gasteiger partial charge in [0.1, 0.15) is 5.51 Å². The van der Waals surface area contributed by atoms with Crippen LogP contribution in [0.5, 0.6) is 0 Å². The molecule has 0 amide bonds. The molecular formula is C7H10N4S. The van der Waals surface area contributed by atoms with Crippen LogP contribution in [0, 0.1) is 11.3 Å². The molecule has 64 valence electrons. The van der Waals surface area contributed by atoms with Crippen molar-refractivity contribution in [2.24, 2.45) is 0 Å². The summed E-state index contributed by atoms with van der Waals surface area (Å²) in [6.45, 7) is 1.99. The quantitative estimate of drug-likeness (QED) is 0.706. The van der Waals surface area contributed by atoms with E-state index in [-0.39, 0.29) is 6.04 Å². The normalized spacial score (nSPS) is 12.1. The van der Waals surface area contributed by atoms with Crippen LogP contribution in [0.1, 0.15) is 13.3 Å². The summed E-state index contributed by atoms with van der Waals surface area (Å²) in [6, 6.07) is 2.32. The van der Waals surface area contributed by atoms with E-state index in [1.165, 1.54) is 11.3 Å². The van der Waals surface area contributed by atoms with Gasteiger partial charge in [0.05, 0.1) is 12.5 Å². The molecule has 0 spiro atoms. The van der Waals surface area contributed by atoms with Crippen LogP contribution in [0.25, 0.3) is 0 Å². The van der Waals surface area contributed by atoms with Gasteiger partial charge in [-0.1, -0.05) is 11.3 Å². The molecule has 0 bridgehead atoms.